The molecule has 0 spiro atoms. The first kappa shape index (κ1) is 24.1. The standard InChI is InChI=1S/C27H30N6O2S/c1-4-24(34)28-20-16-21(23(35-3)17-22(20)33-13-11-32(2)12-14-33)30-27-29-19-10-15-36-26(19)25(31-27)18-8-6-5-7-9-18/h4-10,15-17,25-26H,1,11-14H2,2-3H3,(H,28,34)(H,30,31). The summed E-state index contributed by atoms with van der Waals surface area (Å²) in [4.78, 5) is 26.6. The van der Waals surface area contributed by atoms with Crippen LogP contribution in [0.3, 0.4) is 0 Å². The number of benzene rings is 2. The molecule has 186 valence electrons. The zero-order chi connectivity index (χ0) is 25.1. The van der Waals surface area contributed by atoms with Crippen molar-refractivity contribution in [3.8, 4) is 5.75 Å². The van der Waals surface area contributed by atoms with Gasteiger partial charge in [0, 0.05) is 32.2 Å². The van der Waals surface area contributed by atoms with Gasteiger partial charge in [-0.05, 0) is 36.2 Å². The van der Waals surface area contributed by atoms with Gasteiger partial charge in [-0.1, -0.05) is 36.9 Å². The lowest BCUT2D eigenvalue weighted by atomic mass is 10.00. The van der Waals surface area contributed by atoms with E-state index >= 15 is 0 Å². The molecule has 2 atom stereocenters. The Labute approximate surface area is 215 Å². The van der Waals surface area contributed by atoms with Gasteiger partial charge in [0.2, 0.25) is 11.9 Å². The number of ether oxygens (including phenoxy) is 1. The summed E-state index contributed by atoms with van der Waals surface area (Å²) in [5.74, 6) is 0.892. The number of nitrogens with zero attached hydrogens (tertiary/aromatic N) is 4. The van der Waals surface area contributed by atoms with Crippen LogP contribution in [0, 0.1) is 0 Å². The molecular weight excluding hydrogens is 472 g/mol. The lowest BCUT2D eigenvalue weighted by molar-refractivity contribution is -0.111. The first-order chi connectivity index (χ1) is 17.6. The molecule has 9 heteroatoms. The van der Waals surface area contributed by atoms with Gasteiger partial charge >= 0.3 is 0 Å². The molecule has 0 saturated carbocycles. The van der Waals surface area contributed by atoms with Gasteiger partial charge in [0.15, 0.2) is 0 Å². The number of piperazine rings is 1. The van der Waals surface area contributed by atoms with Gasteiger partial charge in [0.05, 0.1) is 41.2 Å². The minimum Gasteiger partial charge on any atom is -0.494 e. The van der Waals surface area contributed by atoms with Crippen LogP contribution in [0.15, 0.2) is 76.6 Å². The van der Waals surface area contributed by atoms with Crippen molar-refractivity contribution in [2.45, 2.75) is 11.3 Å². The third-order valence-corrected chi connectivity index (χ3v) is 7.62. The number of carbonyl (C=O) groups excluding carboxylic acids is 1. The fourth-order valence-corrected chi connectivity index (χ4v) is 5.58. The third kappa shape index (κ3) is 5.03. The molecule has 2 N–H and O–H groups in total. The summed E-state index contributed by atoms with van der Waals surface area (Å²) in [5.41, 5.74) is 4.40. The molecular formula is C27H30N6O2S. The summed E-state index contributed by atoms with van der Waals surface area (Å²) in [7, 11) is 3.76. The minimum absolute atomic E-state index is 0.0586. The van der Waals surface area contributed by atoms with Crippen LogP contribution in [0.25, 0.3) is 0 Å². The molecule has 1 saturated heterocycles. The van der Waals surface area contributed by atoms with Crippen LogP contribution in [0.1, 0.15) is 11.6 Å². The van der Waals surface area contributed by atoms with Crippen LogP contribution in [0.2, 0.25) is 0 Å². The maximum absolute atomic E-state index is 12.3. The fourth-order valence-electron chi connectivity index (χ4n) is 4.55. The molecule has 1 amide bonds. The largest absolute Gasteiger partial charge is 0.494 e. The average molecular weight is 503 g/mol. The highest BCUT2D eigenvalue weighted by atomic mass is 32.2. The summed E-state index contributed by atoms with van der Waals surface area (Å²) < 4.78 is 5.77. The van der Waals surface area contributed by atoms with E-state index in [1.807, 2.05) is 36.4 Å². The van der Waals surface area contributed by atoms with Gasteiger partial charge in [0.25, 0.3) is 0 Å². The van der Waals surface area contributed by atoms with Gasteiger partial charge in [-0.25, -0.2) is 9.98 Å². The molecule has 5 rings (SSSR count). The first-order valence-corrected chi connectivity index (χ1v) is 12.9. The number of nitrogens with one attached hydrogen (secondary N) is 2. The zero-order valence-corrected chi connectivity index (χ0v) is 21.3. The van der Waals surface area contributed by atoms with Gasteiger partial charge < -0.3 is 25.2 Å². The van der Waals surface area contributed by atoms with Crippen LogP contribution in [0.5, 0.6) is 5.75 Å². The highest BCUT2D eigenvalue weighted by Crippen LogP contribution is 2.40. The number of rotatable bonds is 6. The molecule has 1 fully saturated rings. The van der Waals surface area contributed by atoms with Gasteiger partial charge in [-0.2, -0.15) is 0 Å². The maximum atomic E-state index is 12.3. The van der Waals surface area contributed by atoms with Gasteiger partial charge in [0.1, 0.15) is 5.75 Å². The smallest absolute Gasteiger partial charge is 0.247 e. The molecule has 0 aromatic heterocycles. The first-order valence-electron chi connectivity index (χ1n) is 11.9. The Morgan fingerprint density at radius 3 is 2.67 bits per heavy atom. The topological polar surface area (TPSA) is 81.6 Å². The summed E-state index contributed by atoms with van der Waals surface area (Å²) in [6.45, 7) is 7.21. The van der Waals surface area contributed by atoms with Crippen LogP contribution >= 0.6 is 11.8 Å². The molecule has 2 aromatic carbocycles. The summed E-state index contributed by atoms with van der Waals surface area (Å²) in [6, 6.07) is 14.1. The number of amides is 1. The van der Waals surface area contributed by atoms with Crippen molar-refractivity contribution in [1.82, 2.24) is 4.90 Å². The van der Waals surface area contributed by atoms with E-state index in [1.54, 1.807) is 18.9 Å². The second-order valence-corrected chi connectivity index (χ2v) is 9.93. The number of hydrogen-bond acceptors (Lipinski definition) is 8. The molecule has 0 aliphatic carbocycles. The number of fused-ring (bicyclic) bond motifs is 1. The van der Waals surface area contributed by atoms with Crippen molar-refractivity contribution in [2.24, 2.45) is 9.98 Å². The van der Waals surface area contributed by atoms with Crippen LogP contribution in [0.4, 0.5) is 17.1 Å². The Morgan fingerprint density at radius 2 is 1.94 bits per heavy atom. The molecule has 0 radical (unpaired) electrons. The van der Waals surface area contributed by atoms with Gasteiger partial charge in [-0.3, -0.25) is 4.79 Å². The van der Waals surface area contributed by atoms with Crippen LogP contribution < -0.4 is 20.3 Å². The van der Waals surface area contributed by atoms with Crippen molar-refractivity contribution in [3.63, 3.8) is 0 Å². The Hall–Kier alpha value is -3.56. The van der Waals surface area contributed by atoms with Crippen molar-refractivity contribution in [3.05, 3.63) is 72.2 Å². The SMILES string of the molecule is C=CC(=O)Nc1cc(NC2=NC(c3ccccc3)C3SC=CC3=N2)c(OC)cc1N1CCN(C)CC1. The highest BCUT2D eigenvalue weighted by molar-refractivity contribution is 8.04. The number of allylic oxidation sites excluding steroid dienone is 1. The number of hydrogen-bond donors (Lipinski definition) is 2. The van der Waals surface area contributed by atoms with Gasteiger partial charge in [-0.15, -0.1) is 11.8 Å². The van der Waals surface area contributed by atoms with E-state index in [4.69, 9.17) is 14.7 Å². The molecule has 2 aromatic rings. The summed E-state index contributed by atoms with van der Waals surface area (Å²) in [6.07, 6.45) is 3.32. The van der Waals surface area contributed by atoms with Crippen molar-refractivity contribution in [1.29, 1.82) is 0 Å². The number of anilines is 3. The lowest BCUT2D eigenvalue weighted by Crippen LogP contribution is -2.44. The Morgan fingerprint density at radius 1 is 1.17 bits per heavy atom. The Kier molecular flexibility index (Phi) is 7.11. The number of thioether (sulfide) groups is 1. The number of guanidine groups is 1. The predicted octanol–water partition coefficient (Wildman–Crippen LogP) is 4.16. The molecule has 36 heavy (non-hydrogen) atoms. The fraction of sp³-hybridized carbons (Fsp3) is 0.296. The monoisotopic (exact) mass is 502 g/mol. The summed E-state index contributed by atoms with van der Waals surface area (Å²) in [5, 5.41) is 8.57. The Balaban J connectivity index is 1.50. The number of methoxy groups -OCH3 is 1. The third-order valence-electron chi connectivity index (χ3n) is 6.53. The summed E-state index contributed by atoms with van der Waals surface area (Å²) >= 11 is 1.74. The second-order valence-electron chi connectivity index (χ2n) is 8.88. The molecule has 3 heterocycles. The Bertz CT molecular complexity index is 1230. The predicted molar refractivity (Wildman–Crippen MR) is 150 cm³/mol. The molecule has 2 unspecified atom stereocenters. The van der Waals surface area contributed by atoms with Crippen LogP contribution in [-0.4, -0.2) is 68.1 Å². The maximum Gasteiger partial charge on any atom is 0.247 e. The van der Waals surface area contributed by atoms with E-state index < -0.39 is 0 Å². The molecule has 8 nitrogen and oxygen atoms in total. The van der Waals surface area contributed by atoms with E-state index in [0.29, 0.717) is 23.1 Å². The number of likely N-dealkylation sites (N-methyl/N-ethyl adjacent to an activating group) is 1. The second kappa shape index (κ2) is 10.6. The molecule has 3 aliphatic rings. The minimum atomic E-state index is -0.267. The van der Waals surface area contributed by atoms with E-state index in [0.717, 1.165) is 43.1 Å². The quantitative estimate of drug-likeness (QED) is 0.578. The zero-order valence-electron chi connectivity index (χ0n) is 20.5. The van der Waals surface area contributed by atoms with Crippen molar-refractivity contribution < 1.29 is 9.53 Å². The average Bonchev–Trinajstić information content (AvgIpc) is 3.38. The molecule has 0 bridgehead atoms. The number of carbonyl (C=O) groups is 1. The molecule has 3 aliphatic heterocycles. The van der Waals surface area contributed by atoms with Crippen molar-refractivity contribution >= 4 is 46.4 Å². The normalized spacial score (nSPS) is 21.3. The van der Waals surface area contributed by atoms with E-state index in [1.165, 1.54) is 6.08 Å². The van der Waals surface area contributed by atoms with Crippen LogP contribution in [-0.2, 0) is 4.79 Å². The highest BCUT2D eigenvalue weighted by Gasteiger charge is 2.33. The van der Waals surface area contributed by atoms with E-state index in [-0.39, 0.29) is 17.2 Å². The van der Waals surface area contributed by atoms with Crippen molar-refractivity contribution in [2.75, 3.05) is 55.9 Å². The van der Waals surface area contributed by atoms with E-state index in [9.17, 15) is 4.79 Å². The number of aliphatic imine (C=N–C) groups is 2. The lowest BCUT2D eigenvalue weighted by Gasteiger charge is -2.35. The van der Waals surface area contributed by atoms with E-state index in [2.05, 4.69) is 51.6 Å².